The van der Waals surface area contributed by atoms with E-state index in [2.05, 4.69) is 39.9 Å². The van der Waals surface area contributed by atoms with Crippen LogP contribution in [0.4, 0.5) is 0 Å². The molecule has 0 aromatic carbocycles. The molecule has 0 aliphatic carbocycles. The molecule has 1 saturated heterocycles. The first-order chi connectivity index (χ1) is 6.36. The van der Waals surface area contributed by atoms with E-state index in [0.717, 1.165) is 32.2 Å². The molecule has 0 bridgehead atoms. The summed E-state index contributed by atoms with van der Waals surface area (Å²) in [5.74, 6) is 0.723. The molecule has 0 radical (unpaired) electrons. The summed E-state index contributed by atoms with van der Waals surface area (Å²) in [5, 5.41) is 3.57. The molecule has 0 aromatic rings. The lowest BCUT2D eigenvalue weighted by Crippen LogP contribution is -2.49. The third kappa shape index (κ3) is 2.96. The Labute approximate surface area is 88.4 Å². The van der Waals surface area contributed by atoms with Gasteiger partial charge < -0.3 is 10.1 Å². The quantitative estimate of drug-likeness (QED) is 0.733. The summed E-state index contributed by atoms with van der Waals surface area (Å²) in [7, 11) is 0. The van der Waals surface area contributed by atoms with E-state index in [1.165, 1.54) is 0 Å². The van der Waals surface area contributed by atoms with Gasteiger partial charge in [-0.05, 0) is 11.3 Å². The average Bonchev–Trinajstić information content (AvgIpc) is 2.00. The first-order valence-corrected chi connectivity index (χ1v) is 5.64. The fourth-order valence-electron chi connectivity index (χ4n) is 1.44. The molecule has 14 heavy (non-hydrogen) atoms. The lowest BCUT2D eigenvalue weighted by Gasteiger charge is -2.39. The number of hydrogen-bond donors (Lipinski definition) is 1. The molecule has 1 aliphatic rings. The molecule has 1 heterocycles. The van der Waals surface area contributed by atoms with Crippen LogP contribution in [0.3, 0.4) is 0 Å². The number of hydrogen-bond acceptors (Lipinski definition) is 2. The van der Waals surface area contributed by atoms with Crippen LogP contribution in [-0.4, -0.2) is 26.3 Å². The van der Waals surface area contributed by atoms with Crippen LogP contribution in [0, 0.1) is 16.7 Å². The van der Waals surface area contributed by atoms with Crippen molar-refractivity contribution in [1.29, 1.82) is 0 Å². The van der Waals surface area contributed by atoms with Gasteiger partial charge in [-0.25, -0.2) is 0 Å². The Morgan fingerprint density at radius 1 is 1.36 bits per heavy atom. The number of rotatable bonds is 5. The number of ether oxygens (including phenoxy) is 1. The highest BCUT2D eigenvalue weighted by Gasteiger charge is 2.33. The van der Waals surface area contributed by atoms with Crippen LogP contribution in [0.15, 0.2) is 0 Å². The van der Waals surface area contributed by atoms with Crippen molar-refractivity contribution in [2.75, 3.05) is 26.3 Å². The van der Waals surface area contributed by atoms with Gasteiger partial charge in [-0.15, -0.1) is 0 Å². The first-order valence-electron chi connectivity index (χ1n) is 5.64. The van der Waals surface area contributed by atoms with Gasteiger partial charge in [-0.1, -0.05) is 34.6 Å². The van der Waals surface area contributed by atoms with Gasteiger partial charge in [0.15, 0.2) is 0 Å². The maximum atomic E-state index is 5.23. The van der Waals surface area contributed by atoms with Crippen molar-refractivity contribution in [3.8, 4) is 0 Å². The van der Waals surface area contributed by atoms with Crippen molar-refractivity contribution in [3.63, 3.8) is 0 Å². The SMILES string of the molecule is CC(C)C(C)(C)CNCC1(C)COC1. The Kier molecular flexibility index (Phi) is 3.59. The maximum absolute atomic E-state index is 5.23. The standard InChI is InChI=1S/C12H25NO/c1-10(2)11(3,4)6-13-7-12(5)8-14-9-12/h10,13H,6-9H2,1-5H3. The van der Waals surface area contributed by atoms with E-state index in [1.807, 2.05) is 0 Å². The second-order valence-corrected chi connectivity index (χ2v) is 6.05. The smallest absolute Gasteiger partial charge is 0.0554 e. The van der Waals surface area contributed by atoms with E-state index in [9.17, 15) is 0 Å². The van der Waals surface area contributed by atoms with Crippen molar-refractivity contribution in [2.45, 2.75) is 34.6 Å². The zero-order valence-corrected chi connectivity index (χ0v) is 10.3. The summed E-state index contributed by atoms with van der Waals surface area (Å²) in [4.78, 5) is 0. The Bertz CT molecular complexity index is 183. The fourth-order valence-corrected chi connectivity index (χ4v) is 1.44. The molecule has 1 fully saturated rings. The van der Waals surface area contributed by atoms with Crippen LogP contribution in [0.5, 0.6) is 0 Å². The molecule has 84 valence electrons. The Balaban J connectivity index is 2.20. The molecule has 2 heteroatoms. The minimum Gasteiger partial charge on any atom is -0.380 e. The minimum absolute atomic E-state index is 0.390. The summed E-state index contributed by atoms with van der Waals surface area (Å²) in [6, 6.07) is 0. The van der Waals surface area contributed by atoms with Crippen molar-refractivity contribution in [3.05, 3.63) is 0 Å². The normalized spacial score (nSPS) is 21.0. The molecular formula is C12H25NO. The van der Waals surface area contributed by atoms with Gasteiger partial charge in [0.1, 0.15) is 0 Å². The van der Waals surface area contributed by atoms with Crippen molar-refractivity contribution in [2.24, 2.45) is 16.7 Å². The van der Waals surface area contributed by atoms with E-state index >= 15 is 0 Å². The minimum atomic E-state index is 0.390. The monoisotopic (exact) mass is 199 g/mol. The Morgan fingerprint density at radius 3 is 2.29 bits per heavy atom. The van der Waals surface area contributed by atoms with E-state index in [-0.39, 0.29) is 0 Å². The predicted octanol–water partition coefficient (Wildman–Crippen LogP) is 2.29. The Hall–Kier alpha value is -0.0800. The molecule has 0 atom stereocenters. The zero-order valence-electron chi connectivity index (χ0n) is 10.3. The molecule has 2 nitrogen and oxygen atoms in total. The van der Waals surface area contributed by atoms with E-state index in [1.54, 1.807) is 0 Å². The van der Waals surface area contributed by atoms with Gasteiger partial charge in [0.05, 0.1) is 13.2 Å². The van der Waals surface area contributed by atoms with Gasteiger partial charge in [0.25, 0.3) is 0 Å². The van der Waals surface area contributed by atoms with E-state index in [4.69, 9.17) is 4.74 Å². The van der Waals surface area contributed by atoms with Crippen LogP contribution in [0.2, 0.25) is 0 Å². The van der Waals surface area contributed by atoms with Gasteiger partial charge >= 0.3 is 0 Å². The number of nitrogens with one attached hydrogen (secondary N) is 1. The molecule has 0 unspecified atom stereocenters. The third-order valence-electron chi connectivity index (χ3n) is 3.60. The van der Waals surface area contributed by atoms with Gasteiger partial charge in [0.2, 0.25) is 0 Å². The van der Waals surface area contributed by atoms with Gasteiger partial charge in [-0.3, -0.25) is 0 Å². The first kappa shape index (κ1) is 12.0. The van der Waals surface area contributed by atoms with Crippen LogP contribution in [0.25, 0.3) is 0 Å². The highest BCUT2D eigenvalue weighted by Crippen LogP contribution is 2.27. The molecule has 1 N–H and O–H groups in total. The van der Waals surface area contributed by atoms with Crippen molar-refractivity contribution < 1.29 is 4.74 Å². The summed E-state index contributed by atoms with van der Waals surface area (Å²) >= 11 is 0. The Morgan fingerprint density at radius 2 is 1.93 bits per heavy atom. The van der Waals surface area contributed by atoms with Crippen LogP contribution in [0.1, 0.15) is 34.6 Å². The molecule has 0 spiro atoms. The third-order valence-corrected chi connectivity index (χ3v) is 3.60. The van der Waals surface area contributed by atoms with E-state index < -0.39 is 0 Å². The lowest BCUT2D eigenvalue weighted by atomic mass is 9.80. The van der Waals surface area contributed by atoms with Gasteiger partial charge in [0, 0.05) is 18.5 Å². The fraction of sp³-hybridized carbons (Fsp3) is 1.00. The highest BCUT2D eigenvalue weighted by atomic mass is 16.5. The summed E-state index contributed by atoms with van der Waals surface area (Å²) < 4.78 is 5.23. The lowest BCUT2D eigenvalue weighted by molar-refractivity contribution is -0.0998. The molecule has 1 rings (SSSR count). The van der Waals surface area contributed by atoms with Crippen LogP contribution in [-0.2, 0) is 4.74 Å². The van der Waals surface area contributed by atoms with E-state index in [0.29, 0.717) is 10.8 Å². The highest BCUT2D eigenvalue weighted by molar-refractivity contribution is 4.84. The van der Waals surface area contributed by atoms with Crippen molar-refractivity contribution in [1.82, 2.24) is 5.32 Å². The molecular weight excluding hydrogens is 174 g/mol. The van der Waals surface area contributed by atoms with Crippen LogP contribution >= 0.6 is 0 Å². The average molecular weight is 199 g/mol. The van der Waals surface area contributed by atoms with Gasteiger partial charge in [-0.2, -0.15) is 0 Å². The molecule has 0 amide bonds. The summed E-state index contributed by atoms with van der Waals surface area (Å²) in [6.07, 6.45) is 0. The maximum Gasteiger partial charge on any atom is 0.0554 e. The predicted molar refractivity (Wildman–Crippen MR) is 60.4 cm³/mol. The largest absolute Gasteiger partial charge is 0.380 e. The molecule has 0 aromatic heterocycles. The zero-order chi connectivity index (χ0) is 10.8. The topological polar surface area (TPSA) is 21.3 Å². The second kappa shape index (κ2) is 4.19. The summed E-state index contributed by atoms with van der Waals surface area (Å²) in [6.45, 7) is 15.5. The second-order valence-electron chi connectivity index (χ2n) is 6.05. The summed E-state index contributed by atoms with van der Waals surface area (Å²) in [5.41, 5.74) is 0.786. The van der Waals surface area contributed by atoms with Crippen molar-refractivity contribution >= 4 is 0 Å². The van der Waals surface area contributed by atoms with Crippen LogP contribution < -0.4 is 5.32 Å². The molecule has 0 saturated carbocycles. The molecule has 1 aliphatic heterocycles.